The van der Waals surface area contributed by atoms with Gasteiger partial charge in [-0.25, -0.2) is 0 Å². The summed E-state index contributed by atoms with van der Waals surface area (Å²) in [4.78, 5) is 0. The van der Waals surface area contributed by atoms with Crippen LogP contribution in [0.25, 0.3) is 0 Å². The first-order chi connectivity index (χ1) is 9.40. The van der Waals surface area contributed by atoms with Crippen molar-refractivity contribution in [1.82, 2.24) is 5.32 Å². The Morgan fingerprint density at radius 3 is 2.84 bits per heavy atom. The zero-order chi connectivity index (χ0) is 13.1. The molecule has 1 fully saturated rings. The lowest BCUT2D eigenvalue weighted by Gasteiger charge is -2.27. The smallest absolute Gasteiger partial charge is 0.164 e. The van der Waals surface area contributed by atoms with Crippen LogP contribution >= 0.6 is 0 Å². The van der Waals surface area contributed by atoms with Crippen molar-refractivity contribution in [2.75, 3.05) is 19.8 Å². The van der Waals surface area contributed by atoms with Gasteiger partial charge in [-0.2, -0.15) is 0 Å². The average molecular weight is 261 g/mol. The van der Waals surface area contributed by atoms with Crippen LogP contribution in [0, 0.1) is 0 Å². The molecule has 3 nitrogen and oxygen atoms in total. The minimum atomic E-state index is 0.487. The standard InChI is InChI=1S/C16H23NO2/c1-2-12-13(14-6-3-4-9-17-14)7-8-15-16(12)19-11-5-10-18-15/h7-8,14,17H,2-6,9-11H2,1H3. The fraction of sp³-hybridized carbons (Fsp3) is 0.625. The van der Waals surface area contributed by atoms with Crippen molar-refractivity contribution in [3.8, 4) is 11.5 Å². The fourth-order valence-corrected chi connectivity index (χ4v) is 3.12. The molecule has 0 radical (unpaired) electrons. The minimum absolute atomic E-state index is 0.487. The number of benzene rings is 1. The molecular weight excluding hydrogens is 238 g/mol. The quantitative estimate of drug-likeness (QED) is 0.886. The molecule has 1 atom stereocenters. The van der Waals surface area contributed by atoms with Crippen LogP contribution in [0.3, 0.4) is 0 Å². The maximum atomic E-state index is 5.95. The van der Waals surface area contributed by atoms with Gasteiger partial charge < -0.3 is 14.8 Å². The topological polar surface area (TPSA) is 30.5 Å². The second-order valence-corrected chi connectivity index (χ2v) is 5.37. The molecule has 0 saturated carbocycles. The van der Waals surface area contributed by atoms with Crippen LogP contribution in [0.15, 0.2) is 12.1 Å². The summed E-state index contributed by atoms with van der Waals surface area (Å²) < 4.78 is 11.7. The normalized spacial score (nSPS) is 22.9. The van der Waals surface area contributed by atoms with Crippen LogP contribution in [0.2, 0.25) is 0 Å². The number of hydrogen-bond acceptors (Lipinski definition) is 3. The maximum absolute atomic E-state index is 5.95. The molecule has 1 unspecified atom stereocenters. The molecule has 3 heteroatoms. The molecule has 0 aromatic heterocycles. The molecule has 0 aliphatic carbocycles. The van der Waals surface area contributed by atoms with Crippen molar-refractivity contribution in [2.45, 2.75) is 45.1 Å². The molecule has 104 valence electrons. The van der Waals surface area contributed by atoms with Gasteiger partial charge in [-0.1, -0.05) is 19.4 Å². The lowest BCUT2D eigenvalue weighted by Crippen LogP contribution is -2.27. The van der Waals surface area contributed by atoms with E-state index in [0.29, 0.717) is 6.04 Å². The highest BCUT2D eigenvalue weighted by Crippen LogP contribution is 2.39. The number of ether oxygens (including phenoxy) is 2. The second kappa shape index (κ2) is 5.83. The first-order valence-electron chi connectivity index (χ1n) is 7.55. The van der Waals surface area contributed by atoms with Gasteiger partial charge in [-0.3, -0.25) is 0 Å². The summed E-state index contributed by atoms with van der Waals surface area (Å²) in [5.74, 6) is 1.92. The molecule has 1 aromatic rings. The van der Waals surface area contributed by atoms with Crippen LogP contribution < -0.4 is 14.8 Å². The van der Waals surface area contributed by atoms with Crippen LogP contribution in [-0.2, 0) is 6.42 Å². The fourth-order valence-electron chi connectivity index (χ4n) is 3.12. The van der Waals surface area contributed by atoms with Crippen molar-refractivity contribution in [3.05, 3.63) is 23.3 Å². The van der Waals surface area contributed by atoms with Gasteiger partial charge in [0.05, 0.1) is 13.2 Å². The zero-order valence-electron chi connectivity index (χ0n) is 11.7. The molecule has 19 heavy (non-hydrogen) atoms. The van der Waals surface area contributed by atoms with Crippen LogP contribution in [0.4, 0.5) is 0 Å². The third-order valence-electron chi connectivity index (χ3n) is 4.09. The molecule has 2 aliphatic rings. The molecule has 1 N–H and O–H groups in total. The SMILES string of the molecule is CCc1c(C2CCCCN2)ccc2c1OCCCO2. The molecule has 1 saturated heterocycles. The van der Waals surface area contributed by atoms with E-state index in [1.54, 1.807) is 0 Å². The number of hydrogen-bond donors (Lipinski definition) is 1. The Labute approximate surface area is 115 Å². The lowest BCUT2D eigenvalue weighted by molar-refractivity contribution is 0.296. The Balaban J connectivity index is 1.97. The third kappa shape index (κ3) is 2.57. The third-order valence-corrected chi connectivity index (χ3v) is 4.09. The summed E-state index contributed by atoms with van der Waals surface area (Å²) >= 11 is 0. The van der Waals surface area contributed by atoms with E-state index in [2.05, 4.69) is 24.4 Å². The molecule has 1 aromatic carbocycles. The Bertz CT molecular complexity index is 439. The summed E-state index contributed by atoms with van der Waals surface area (Å²) in [6, 6.07) is 4.81. The highest BCUT2D eigenvalue weighted by atomic mass is 16.5. The molecule has 3 rings (SSSR count). The van der Waals surface area contributed by atoms with E-state index in [0.717, 1.165) is 44.1 Å². The van der Waals surface area contributed by atoms with E-state index in [1.807, 2.05) is 0 Å². The van der Waals surface area contributed by atoms with Crippen LogP contribution in [0.1, 0.15) is 49.8 Å². The van der Waals surface area contributed by atoms with Crippen molar-refractivity contribution < 1.29 is 9.47 Å². The van der Waals surface area contributed by atoms with E-state index in [1.165, 1.54) is 30.4 Å². The molecule has 2 aliphatic heterocycles. The van der Waals surface area contributed by atoms with Gasteiger partial charge in [0, 0.05) is 18.0 Å². The van der Waals surface area contributed by atoms with Crippen molar-refractivity contribution in [1.29, 1.82) is 0 Å². The first-order valence-corrected chi connectivity index (χ1v) is 7.55. The monoisotopic (exact) mass is 261 g/mol. The van der Waals surface area contributed by atoms with Gasteiger partial charge in [0.25, 0.3) is 0 Å². The summed E-state index contributed by atoms with van der Waals surface area (Å²) in [5, 5.41) is 3.64. The second-order valence-electron chi connectivity index (χ2n) is 5.37. The van der Waals surface area contributed by atoms with Gasteiger partial charge in [0.2, 0.25) is 0 Å². The number of fused-ring (bicyclic) bond motifs is 1. The summed E-state index contributed by atoms with van der Waals surface area (Å²) in [6.45, 7) is 4.86. The van der Waals surface area contributed by atoms with Gasteiger partial charge in [-0.15, -0.1) is 0 Å². The summed E-state index contributed by atoms with van der Waals surface area (Å²) in [7, 11) is 0. The maximum Gasteiger partial charge on any atom is 0.164 e. The van der Waals surface area contributed by atoms with Gasteiger partial charge in [-0.05, 0) is 37.4 Å². The highest BCUT2D eigenvalue weighted by molar-refractivity contribution is 5.52. The number of piperidine rings is 1. The molecule has 0 amide bonds. The molecule has 0 spiro atoms. The largest absolute Gasteiger partial charge is 0.490 e. The summed E-state index contributed by atoms with van der Waals surface area (Å²) in [5.41, 5.74) is 2.74. The molecule has 0 bridgehead atoms. The van der Waals surface area contributed by atoms with E-state index < -0.39 is 0 Å². The predicted molar refractivity (Wildman–Crippen MR) is 76.0 cm³/mol. The Morgan fingerprint density at radius 1 is 1.16 bits per heavy atom. The Hall–Kier alpha value is -1.22. The van der Waals surface area contributed by atoms with E-state index in [9.17, 15) is 0 Å². The van der Waals surface area contributed by atoms with Crippen molar-refractivity contribution in [3.63, 3.8) is 0 Å². The zero-order valence-corrected chi connectivity index (χ0v) is 11.7. The highest BCUT2D eigenvalue weighted by Gasteiger charge is 2.23. The van der Waals surface area contributed by atoms with Gasteiger partial charge in [0.15, 0.2) is 11.5 Å². The van der Waals surface area contributed by atoms with Crippen LogP contribution in [0.5, 0.6) is 11.5 Å². The Morgan fingerprint density at radius 2 is 2.05 bits per heavy atom. The predicted octanol–water partition coefficient (Wildman–Crippen LogP) is 3.22. The first kappa shape index (κ1) is 12.8. The minimum Gasteiger partial charge on any atom is -0.490 e. The van der Waals surface area contributed by atoms with Crippen molar-refractivity contribution >= 4 is 0 Å². The van der Waals surface area contributed by atoms with Crippen molar-refractivity contribution in [2.24, 2.45) is 0 Å². The Kier molecular flexibility index (Phi) is 3.92. The molecular formula is C16H23NO2. The average Bonchev–Trinajstić information content (AvgIpc) is 2.72. The van der Waals surface area contributed by atoms with E-state index in [-0.39, 0.29) is 0 Å². The lowest BCUT2D eigenvalue weighted by atomic mass is 9.92. The van der Waals surface area contributed by atoms with E-state index >= 15 is 0 Å². The van der Waals surface area contributed by atoms with Gasteiger partial charge in [0.1, 0.15) is 0 Å². The summed E-state index contributed by atoms with van der Waals surface area (Å²) in [6.07, 6.45) is 5.80. The van der Waals surface area contributed by atoms with E-state index in [4.69, 9.17) is 9.47 Å². The van der Waals surface area contributed by atoms with Crippen LogP contribution in [-0.4, -0.2) is 19.8 Å². The van der Waals surface area contributed by atoms with Gasteiger partial charge >= 0.3 is 0 Å². The number of nitrogens with one attached hydrogen (secondary N) is 1. The number of rotatable bonds is 2. The molecule has 2 heterocycles.